The quantitative estimate of drug-likeness (QED) is 0.562. The zero-order valence-electron chi connectivity index (χ0n) is 12.8. The largest absolute Gasteiger partial charge is 0.306 e. The Morgan fingerprint density at radius 2 is 1.33 bits per heavy atom. The summed E-state index contributed by atoms with van der Waals surface area (Å²) >= 11 is 0. The Kier molecular flexibility index (Phi) is 19.0. The molecule has 0 unspecified atom stereocenters. The third-order valence-electron chi connectivity index (χ3n) is 1.87. The number of likely N-dealkylation sites (tertiary alicyclic amines) is 1. The summed E-state index contributed by atoms with van der Waals surface area (Å²) in [6.07, 6.45) is 2.61. The van der Waals surface area contributed by atoms with Gasteiger partial charge in [0.25, 0.3) is 0 Å². The number of hydrogen-bond donors (Lipinski definition) is 0. The molecule has 0 aromatic rings. The van der Waals surface area contributed by atoms with Crippen molar-refractivity contribution in [3.63, 3.8) is 0 Å². The van der Waals surface area contributed by atoms with Crippen LogP contribution < -0.4 is 0 Å². The first-order chi connectivity index (χ1) is 7.02. The van der Waals surface area contributed by atoms with E-state index in [9.17, 15) is 0 Å². The van der Waals surface area contributed by atoms with Crippen molar-refractivity contribution in [1.29, 1.82) is 0 Å². The van der Waals surface area contributed by atoms with E-state index in [-0.39, 0.29) is 0 Å². The Balaban J connectivity index is -0.000000176. The minimum Gasteiger partial charge on any atom is -0.306 e. The van der Waals surface area contributed by atoms with Gasteiger partial charge in [0.15, 0.2) is 0 Å². The monoisotopic (exact) mass is 217 g/mol. The summed E-state index contributed by atoms with van der Waals surface area (Å²) in [6.45, 7) is 19.5. The van der Waals surface area contributed by atoms with Gasteiger partial charge < -0.3 is 4.90 Å². The second-order valence-electron chi connectivity index (χ2n) is 4.36. The molecule has 0 saturated carbocycles. The van der Waals surface area contributed by atoms with Crippen LogP contribution in [0, 0.1) is 5.41 Å². The van der Waals surface area contributed by atoms with Crippen LogP contribution in [-0.2, 0) is 0 Å². The average molecular weight is 217 g/mol. The van der Waals surface area contributed by atoms with Crippen molar-refractivity contribution in [2.75, 3.05) is 20.1 Å². The van der Waals surface area contributed by atoms with Gasteiger partial charge in [0.2, 0.25) is 0 Å². The molecule has 1 rings (SSSR count). The predicted molar refractivity (Wildman–Crippen MR) is 74.6 cm³/mol. The molecule has 1 aliphatic heterocycles. The van der Waals surface area contributed by atoms with Gasteiger partial charge in [-0.1, -0.05) is 61.8 Å². The molecule has 1 saturated heterocycles. The summed E-state index contributed by atoms with van der Waals surface area (Å²) in [7, 11) is 2.19. The lowest BCUT2D eigenvalue weighted by Crippen LogP contribution is -2.18. The fourth-order valence-corrected chi connectivity index (χ4v) is 1.38. The van der Waals surface area contributed by atoms with E-state index in [2.05, 4.69) is 39.6 Å². The second-order valence-corrected chi connectivity index (χ2v) is 4.36. The van der Waals surface area contributed by atoms with Gasteiger partial charge in [-0.25, -0.2) is 0 Å². The van der Waals surface area contributed by atoms with Crippen LogP contribution in [0.1, 0.15) is 68.2 Å². The number of rotatable bonds is 0. The molecule has 0 aliphatic carbocycles. The topological polar surface area (TPSA) is 3.24 Å². The molecule has 0 atom stereocenters. The minimum atomic E-state index is 0.592. The van der Waals surface area contributed by atoms with Gasteiger partial charge in [0.1, 0.15) is 0 Å². The van der Waals surface area contributed by atoms with Crippen molar-refractivity contribution in [3.05, 3.63) is 0 Å². The molecule has 96 valence electrons. The first kappa shape index (κ1) is 20.4. The highest BCUT2D eigenvalue weighted by Crippen LogP contribution is 2.26. The second kappa shape index (κ2) is 14.0. The van der Waals surface area contributed by atoms with Crippen LogP contribution >= 0.6 is 0 Å². The third kappa shape index (κ3) is 16.6. The highest BCUT2D eigenvalue weighted by atomic mass is 15.1. The van der Waals surface area contributed by atoms with E-state index < -0.39 is 0 Å². The molecule has 1 heteroatoms. The molecular weight excluding hydrogens is 182 g/mol. The van der Waals surface area contributed by atoms with Crippen molar-refractivity contribution in [2.24, 2.45) is 5.41 Å². The van der Waals surface area contributed by atoms with E-state index >= 15 is 0 Å². The summed E-state index contributed by atoms with van der Waals surface area (Å²) in [5, 5.41) is 0. The van der Waals surface area contributed by atoms with Gasteiger partial charge in [0.05, 0.1) is 0 Å². The molecule has 0 bridgehead atoms. The van der Waals surface area contributed by atoms with E-state index in [4.69, 9.17) is 0 Å². The Bertz CT molecular complexity index is 97.5. The molecule has 0 N–H and O–H groups in total. The molecule has 0 spiro atoms. The van der Waals surface area contributed by atoms with Crippen LogP contribution in [0.2, 0.25) is 0 Å². The van der Waals surface area contributed by atoms with Crippen LogP contribution in [-0.4, -0.2) is 25.0 Å². The third-order valence-corrected chi connectivity index (χ3v) is 1.87. The lowest BCUT2D eigenvalue weighted by Gasteiger charge is -2.15. The van der Waals surface area contributed by atoms with Crippen LogP contribution in [0.3, 0.4) is 0 Å². The highest BCUT2D eigenvalue weighted by Gasteiger charge is 2.26. The maximum atomic E-state index is 2.39. The van der Waals surface area contributed by atoms with Crippen LogP contribution in [0.15, 0.2) is 0 Å². The maximum absolute atomic E-state index is 2.39. The first-order valence-electron chi connectivity index (χ1n) is 6.70. The van der Waals surface area contributed by atoms with Crippen molar-refractivity contribution in [3.8, 4) is 0 Å². The molecule has 0 radical (unpaired) electrons. The van der Waals surface area contributed by atoms with E-state index in [0.717, 1.165) is 0 Å². The summed E-state index contributed by atoms with van der Waals surface area (Å²) in [5.41, 5.74) is 0.592. The molecule has 1 aliphatic rings. The molecule has 0 amide bonds. The summed E-state index contributed by atoms with van der Waals surface area (Å²) in [5.74, 6) is 0. The van der Waals surface area contributed by atoms with Crippen molar-refractivity contribution in [1.82, 2.24) is 4.90 Å². The van der Waals surface area contributed by atoms with E-state index in [1.807, 2.05) is 27.7 Å². The smallest absolute Gasteiger partial charge is 0.00301 e. The molecule has 0 aromatic heterocycles. The van der Waals surface area contributed by atoms with E-state index in [0.29, 0.717) is 5.41 Å². The summed E-state index contributed by atoms with van der Waals surface area (Å²) in [6, 6.07) is 0. The molecule has 15 heavy (non-hydrogen) atoms. The fraction of sp³-hybridized carbons (Fsp3) is 1.00. The lowest BCUT2D eigenvalue weighted by molar-refractivity contribution is 0.337. The van der Waals surface area contributed by atoms with Crippen molar-refractivity contribution >= 4 is 0 Å². The summed E-state index contributed by atoms with van der Waals surface area (Å²) < 4.78 is 0. The average Bonchev–Trinajstić information content (AvgIpc) is 2.52. The van der Waals surface area contributed by atoms with Crippen molar-refractivity contribution < 1.29 is 0 Å². The Morgan fingerprint density at radius 1 is 1.00 bits per heavy atom. The predicted octanol–water partition coefficient (Wildman–Crippen LogP) is 4.82. The standard InChI is InChI=1S/C7H15N.C3H8.2C2H6/c1-7(2)4-5-8(3)6-7;1-3-2;2*1-2/h4-6H2,1-3H3;3H2,1-2H3;2*1-2H3. The molecule has 1 nitrogen and oxygen atoms in total. The maximum Gasteiger partial charge on any atom is 0.00301 e. The van der Waals surface area contributed by atoms with Gasteiger partial charge in [0, 0.05) is 6.54 Å². The number of hydrogen-bond acceptors (Lipinski definition) is 1. The van der Waals surface area contributed by atoms with Crippen LogP contribution in [0.4, 0.5) is 0 Å². The zero-order valence-corrected chi connectivity index (χ0v) is 12.8. The van der Waals surface area contributed by atoms with Gasteiger partial charge >= 0.3 is 0 Å². The highest BCUT2D eigenvalue weighted by molar-refractivity contribution is 4.79. The van der Waals surface area contributed by atoms with Gasteiger partial charge in [-0.2, -0.15) is 0 Å². The van der Waals surface area contributed by atoms with E-state index in [1.165, 1.54) is 25.9 Å². The van der Waals surface area contributed by atoms with Crippen LogP contribution in [0.5, 0.6) is 0 Å². The SMILES string of the molecule is CC.CC.CCC.CN1CCC(C)(C)C1. The van der Waals surface area contributed by atoms with Gasteiger partial charge in [-0.15, -0.1) is 0 Å². The fourth-order valence-electron chi connectivity index (χ4n) is 1.38. The van der Waals surface area contributed by atoms with Crippen molar-refractivity contribution in [2.45, 2.75) is 68.2 Å². The molecule has 1 fully saturated rings. The zero-order chi connectivity index (χ0) is 12.9. The van der Waals surface area contributed by atoms with Gasteiger partial charge in [-0.3, -0.25) is 0 Å². The lowest BCUT2D eigenvalue weighted by atomic mass is 9.93. The molecule has 0 aromatic carbocycles. The van der Waals surface area contributed by atoms with Crippen LogP contribution in [0.25, 0.3) is 0 Å². The molecule has 1 heterocycles. The van der Waals surface area contributed by atoms with E-state index in [1.54, 1.807) is 0 Å². The minimum absolute atomic E-state index is 0.592. The Labute approximate surface area is 99.3 Å². The Morgan fingerprint density at radius 3 is 1.40 bits per heavy atom. The van der Waals surface area contributed by atoms with Gasteiger partial charge in [-0.05, 0) is 25.4 Å². The Hall–Kier alpha value is -0.0400. The molecular formula is C14H35N. The number of nitrogens with zero attached hydrogens (tertiary/aromatic N) is 1. The summed E-state index contributed by atoms with van der Waals surface area (Å²) in [4.78, 5) is 2.39. The first-order valence-corrected chi connectivity index (χ1v) is 6.70. The normalized spacial score (nSPS) is 17.4.